The summed E-state index contributed by atoms with van der Waals surface area (Å²) in [5.41, 5.74) is 0.906. The van der Waals surface area contributed by atoms with E-state index in [4.69, 9.17) is 8.85 Å². The van der Waals surface area contributed by atoms with Crippen molar-refractivity contribution in [3.63, 3.8) is 0 Å². The van der Waals surface area contributed by atoms with Gasteiger partial charge in [-0.2, -0.15) is 0 Å². The summed E-state index contributed by atoms with van der Waals surface area (Å²) in [6.45, 7) is 17.4. The molecule has 0 spiro atoms. The Morgan fingerprint density at radius 1 is 1.21 bits per heavy atom. The Labute approximate surface area is 152 Å². The highest BCUT2D eigenvalue weighted by atomic mass is 28.3. The maximum atomic E-state index is 13.0. The zero-order valence-corrected chi connectivity index (χ0v) is 18.8. The van der Waals surface area contributed by atoms with Gasteiger partial charge >= 0.3 is 0 Å². The standard InChI is InChI=1S/C19H35O3Si2/c1-13(17(2,3)4)24(8)21-16(20)19-10-9-14(11-19)15(12-19)23-22-18(5,6)7/h13-15H,9-12H2,1-8H3. The largest absolute Gasteiger partial charge is 0.517 e. The summed E-state index contributed by atoms with van der Waals surface area (Å²) in [4.78, 5) is 13.0. The third kappa shape index (κ3) is 4.52. The Morgan fingerprint density at radius 3 is 2.38 bits per heavy atom. The molecule has 3 radical (unpaired) electrons. The van der Waals surface area contributed by atoms with Crippen molar-refractivity contribution in [1.82, 2.24) is 0 Å². The molecule has 0 aliphatic heterocycles. The summed E-state index contributed by atoms with van der Waals surface area (Å²) in [6.07, 6.45) is 4.19. The van der Waals surface area contributed by atoms with Crippen LogP contribution in [0.15, 0.2) is 0 Å². The zero-order valence-electron chi connectivity index (χ0n) is 16.8. The predicted molar refractivity (Wildman–Crippen MR) is 101 cm³/mol. The molecule has 2 saturated carbocycles. The molecule has 4 atom stereocenters. The van der Waals surface area contributed by atoms with Crippen LogP contribution in [0.1, 0.15) is 74.1 Å². The van der Waals surface area contributed by atoms with Crippen LogP contribution >= 0.6 is 0 Å². The molecule has 2 bridgehead atoms. The number of carbonyl (C=O) groups is 1. The first-order valence-corrected chi connectivity index (χ1v) is 12.3. The van der Waals surface area contributed by atoms with E-state index in [0.29, 0.717) is 26.8 Å². The lowest BCUT2D eigenvalue weighted by atomic mass is 9.84. The minimum atomic E-state index is -1.12. The maximum absolute atomic E-state index is 13.0. The molecule has 5 heteroatoms. The maximum Gasteiger partial charge on any atom is 0.298 e. The molecule has 2 fully saturated rings. The minimum absolute atomic E-state index is 0.0876. The molecule has 4 unspecified atom stereocenters. The molecule has 0 N–H and O–H groups in total. The van der Waals surface area contributed by atoms with Crippen molar-refractivity contribution in [3.8, 4) is 0 Å². The van der Waals surface area contributed by atoms with Crippen molar-refractivity contribution in [2.24, 2.45) is 16.7 Å². The van der Waals surface area contributed by atoms with Crippen LogP contribution in [0.4, 0.5) is 0 Å². The molecule has 137 valence electrons. The Balaban J connectivity index is 1.95. The number of fused-ring (bicyclic) bond motifs is 2. The molecule has 2 rings (SSSR count). The molecular weight excluding hydrogens is 332 g/mol. The highest BCUT2D eigenvalue weighted by Gasteiger charge is 2.56. The topological polar surface area (TPSA) is 35.5 Å². The van der Waals surface area contributed by atoms with E-state index in [1.807, 2.05) is 0 Å². The van der Waals surface area contributed by atoms with Crippen LogP contribution < -0.4 is 0 Å². The van der Waals surface area contributed by atoms with Crippen LogP contribution in [0.5, 0.6) is 0 Å². The predicted octanol–water partition coefficient (Wildman–Crippen LogP) is 5.00. The Bertz CT molecular complexity index is 466. The van der Waals surface area contributed by atoms with Gasteiger partial charge in [0.25, 0.3) is 15.0 Å². The lowest BCUT2D eigenvalue weighted by Gasteiger charge is -2.34. The monoisotopic (exact) mass is 367 g/mol. The molecular formula is C19H35O3Si2. The minimum Gasteiger partial charge on any atom is -0.517 e. The van der Waals surface area contributed by atoms with Crippen LogP contribution in [0.3, 0.4) is 0 Å². The zero-order chi connectivity index (χ0) is 18.3. The Morgan fingerprint density at radius 2 is 1.83 bits per heavy atom. The van der Waals surface area contributed by atoms with Crippen LogP contribution in [-0.2, 0) is 13.6 Å². The molecule has 0 aromatic heterocycles. The molecule has 2 aliphatic rings. The quantitative estimate of drug-likeness (QED) is 0.641. The smallest absolute Gasteiger partial charge is 0.298 e. The molecule has 0 aromatic rings. The van der Waals surface area contributed by atoms with Gasteiger partial charge < -0.3 is 8.85 Å². The summed E-state index contributed by atoms with van der Waals surface area (Å²) >= 11 is 0. The van der Waals surface area contributed by atoms with Gasteiger partial charge in [-0.1, -0.05) is 27.7 Å². The van der Waals surface area contributed by atoms with Crippen molar-refractivity contribution >= 4 is 24.8 Å². The van der Waals surface area contributed by atoms with Gasteiger partial charge in [-0.15, -0.1) is 0 Å². The fourth-order valence-corrected chi connectivity index (χ4v) is 7.26. The molecule has 0 aromatic carbocycles. The second-order valence-corrected chi connectivity index (χ2v) is 13.5. The van der Waals surface area contributed by atoms with E-state index in [0.717, 1.165) is 19.3 Å². The fourth-order valence-electron chi connectivity index (χ4n) is 3.90. The molecule has 0 saturated heterocycles. The normalized spacial score (nSPS) is 31.5. The molecule has 24 heavy (non-hydrogen) atoms. The van der Waals surface area contributed by atoms with Gasteiger partial charge in [0.1, 0.15) is 0 Å². The van der Waals surface area contributed by atoms with E-state index in [1.165, 1.54) is 6.42 Å². The number of hydrogen-bond donors (Lipinski definition) is 0. The summed E-state index contributed by atoms with van der Waals surface area (Å²) in [6, 6.07) is 0. The van der Waals surface area contributed by atoms with E-state index in [2.05, 4.69) is 55.0 Å². The van der Waals surface area contributed by atoms with Gasteiger partial charge in [0.15, 0.2) is 0 Å². The van der Waals surface area contributed by atoms with E-state index in [-0.39, 0.29) is 22.4 Å². The number of carbonyl (C=O) groups excluding carboxylic acids is 1. The second kappa shape index (κ2) is 6.88. The van der Waals surface area contributed by atoms with Crippen molar-refractivity contribution < 1.29 is 13.6 Å². The number of hydrogen-bond acceptors (Lipinski definition) is 3. The SMILES string of the molecule is CC([Si](C)OC(=O)C12CCC(C1)C([Si]OC(C)(C)C)C2)C(C)(C)C. The molecule has 0 heterocycles. The highest BCUT2D eigenvalue weighted by Crippen LogP contribution is 2.60. The lowest BCUT2D eigenvalue weighted by Crippen LogP contribution is -2.38. The third-order valence-electron chi connectivity index (χ3n) is 5.94. The van der Waals surface area contributed by atoms with Gasteiger partial charge in [0.05, 0.1) is 5.41 Å². The Hall–Kier alpha value is -0.136. The van der Waals surface area contributed by atoms with Crippen LogP contribution in [0.2, 0.25) is 17.6 Å². The van der Waals surface area contributed by atoms with E-state index < -0.39 is 9.04 Å². The van der Waals surface area contributed by atoms with Crippen LogP contribution in [-0.4, -0.2) is 30.4 Å². The summed E-state index contributed by atoms with van der Waals surface area (Å²) < 4.78 is 12.1. The van der Waals surface area contributed by atoms with E-state index >= 15 is 0 Å². The average molecular weight is 368 g/mol. The first-order valence-electron chi connectivity index (χ1n) is 9.33. The summed E-state index contributed by atoms with van der Waals surface area (Å²) in [5.74, 6) is 0.756. The van der Waals surface area contributed by atoms with Gasteiger partial charge in [0, 0.05) is 5.60 Å². The first kappa shape index (κ1) is 20.2. The average Bonchev–Trinajstić information content (AvgIpc) is 3.01. The fraction of sp³-hybridized carbons (Fsp3) is 0.947. The van der Waals surface area contributed by atoms with Crippen LogP contribution in [0, 0.1) is 16.7 Å². The summed E-state index contributed by atoms with van der Waals surface area (Å²) in [7, 11) is -0.609. The second-order valence-electron chi connectivity index (χ2n) is 10.0. The molecule has 3 nitrogen and oxygen atoms in total. The third-order valence-corrected chi connectivity index (χ3v) is 10.2. The first-order chi connectivity index (χ1) is 10.8. The van der Waals surface area contributed by atoms with Gasteiger partial charge in [-0.25, -0.2) is 0 Å². The van der Waals surface area contributed by atoms with Crippen molar-refractivity contribution in [1.29, 1.82) is 0 Å². The van der Waals surface area contributed by atoms with Gasteiger partial charge in [0.2, 0.25) is 9.76 Å². The van der Waals surface area contributed by atoms with Crippen molar-refractivity contribution in [2.45, 2.75) is 97.4 Å². The van der Waals surface area contributed by atoms with Crippen molar-refractivity contribution in [2.75, 3.05) is 0 Å². The van der Waals surface area contributed by atoms with Gasteiger partial charge in [-0.3, -0.25) is 4.79 Å². The van der Waals surface area contributed by atoms with E-state index in [1.54, 1.807) is 0 Å². The van der Waals surface area contributed by atoms with Gasteiger partial charge in [-0.05, 0) is 75.4 Å². The number of rotatable bonds is 5. The van der Waals surface area contributed by atoms with Crippen LogP contribution in [0.25, 0.3) is 0 Å². The molecule has 2 aliphatic carbocycles. The Kier molecular flexibility index (Phi) is 5.78. The van der Waals surface area contributed by atoms with E-state index in [9.17, 15) is 4.79 Å². The summed E-state index contributed by atoms with van der Waals surface area (Å²) in [5, 5.41) is 0. The highest BCUT2D eigenvalue weighted by molar-refractivity contribution is 6.54. The molecule has 0 amide bonds. The lowest BCUT2D eigenvalue weighted by molar-refractivity contribution is -0.146. The van der Waals surface area contributed by atoms with Crippen molar-refractivity contribution in [3.05, 3.63) is 0 Å².